The van der Waals surface area contributed by atoms with E-state index in [0.717, 1.165) is 11.8 Å². The van der Waals surface area contributed by atoms with Crippen LogP contribution in [0, 0.1) is 13.8 Å². The van der Waals surface area contributed by atoms with E-state index < -0.39 is 9.84 Å². The Morgan fingerprint density at radius 1 is 1.17 bits per heavy atom. The molecule has 0 bridgehead atoms. The van der Waals surface area contributed by atoms with Crippen LogP contribution in [0.15, 0.2) is 47.5 Å². The number of aryl methyl sites for hydroxylation is 2. The molecule has 8 heteroatoms. The number of ether oxygens (including phenoxy) is 1. The van der Waals surface area contributed by atoms with Gasteiger partial charge in [0.25, 0.3) is 0 Å². The Balaban J connectivity index is 2.03. The maximum absolute atomic E-state index is 13.3. The molecule has 158 valence electrons. The van der Waals surface area contributed by atoms with Gasteiger partial charge in [-0.1, -0.05) is 41.9 Å². The minimum Gasteiger partial charge on any atom is -0.472 e. The van der Waals surface area contributed by atoms with Crippen molar-refractivity contribution in [3.63, 3.8) is 0 Å². The second-order valence-corrected chi connectivity index (χ2v) is 9.39. The summed E-state index contributed by atoms with van der Waals surface area (Å²) in [7, 11) is -3.48. The number of carbonyl (C=O) groups excluding carboxylic acids is 1. The average molecular weight is 447 g/mol. The Labute approximate surface area is 181 Å². The standard InChI is InChI=1S/C22H23ClN2O4S/c1-5-25-22(29-13-16-9-7-6-8-10-16)18(12-24-25)20(26)17-11-14(2)21(30(4,27)28)15(3)19(17)23/h6-12H,5,13H2,1-4H3. The van der Waals surface area contributed by atoms with E-state index in [1.54, 1.807) is 18.5 Å². The minimum absolute atomic E-state index is 0.115. The van der Waals surface area contributed by atoms with E-state index in [0.29, 0.717) is 23.6 Å². The summed E-state index contributed by atoms with van der Waals surface area (Å²) in [6.07, 6.45) is 2.58. The summed E-state index contributed by atoms with van der Waals surface area (Å²) < 4.78 is 31.8. The van der Waals surface area contributed by atoms with Crippen molar-refractivity contribution in [2.75, 3.05) is 6.26 Å². The summed E-state index contributed by atoms with van der Waals surface area (Å²) in [5.41, 5.74) is 2.29. The van der Waals surface area contributed by atoms with Gasteiger partial charge in [-0.25, -0.2) is 13.1 Å². The van der Waals surface area contributed by atoms with Crippen molar-refractivity contribution in [2.45, 2.75) is 38.8 Å². The van der Waals surface area contributed by atoms with Gasteiger partial charge in [0.15, 0.2) is 9.84 Å². The van der Waals surface area contributed by atoms with Crippen LogP contribution in [0.25, 0.3) is 0 Å². The predicted molar refractivity (Wildman–Crippen MR) is 116 cm³/mol. The maximum Gasteiger partial charge on any atom is 0.223 e. The first-order valence-electron chi connectivity index (χ1n) is 9.42. The zero-order chi connectivity index (χ0) is 22.1. The van der Waals surface area contributed by atoms with E-state index in [1.807, 2.05) is 37.3 Å². The van der Waals surface area contributed by atoms with Crippen molar-refractivity contribution in [3.05, 3.63) is 75.4 Å². The van der Waals surface area contributed by atoms with E-state index in [2.05, 4.69) is 5.10 Å². The lowest BCUT2D eigenvalue weighted by Gasteiger charge is -2.14. The monoisotopic (exact) mass is 446 g/mol. The van der Waals surface area contributed by atoms with Gasteiger partial charge in [0.1, 0.15) is 12.2 Å². The average Bonchev–Trinajstić information content (AvgIpc) is 3.11. The van der Waals surface area contributed by atoms with Crippen LogP contribution >= 0.6 is 11.6 Å². The number of rotatable bonds is 7. The number of hydrogen-bond acceptors (Lipinski definition) is 5. The lowest BCUT2D eigenvalue weighted by molar-refractivity contribution is 0.103. The molecule has 0 saturated heterocycles. The maximum atomic E-state index is 13.3. The van der Waals surface area contributed by atoms with Crippen LogP contribution in [-0.4, -0.2) is 30.2 Å². The van der Waals surface area contributed by atoms with Crippen molar-refractivity contribution >= 4 is 27.2 Å². The molecule has 0 spiro atoms. The largest absolute Gasteiger partial charge is 0.472 e. The molecule has 0 atom stereocenters. The van der Waals surface area contributed by atoms with Gasteiger partial charge in [-0.2, -0.15) is 5.10 Å². The van der Waals surface area contributed by atoms with E-state index >= 15 is 0 Å². The Hall–Kier alpha value is -2.64. The number of benzene rings is 2. The third-order valence-corrected chi connectivity index (χ3v) is 6.65. The van der Waals surface area contributed by atoms with E-state index in [1.165, 1.54) is 12.3 Å². The van der Waals surface area contributed by atoms with Gasteiger partial charge in [-0.3, -0.25) is 4.79 Å². The summed E-state index contributed by atoms with van der Waals surface area (Å²) in [4.78, 5) is 13.5. The highest BCUT2D eigenvalue weighted by Crippen LogP contribution is 2.33. The SMILES string of the molecule is CCn1ncc(C(=O)c2cc(C)c(S(C)(=O)=O)c(C)c2Cl)c1OCc1ccccc1. The van der Waals surface area contributed by atoms with Crippen LogP contribution in [0.4, 0.5) is 0 Å². The molecule has 0 radical (unpaired) electrons. The van der Waals surface area contributed by atoms with E-state index in [4.69, 9.17) is 16.3 Å². The predicted octanol–water partition coefficient (Wildman–Crippen LogP) is 4.39. The number of ketones is 1. The summed E-state index contributed by atoms with van der Waals surface area (Å²) in [5, 5.41) is 4.37. The quantitative estimate of drug-likeness (QED) is 0.503. The van der Waals surface area contributed by atoms with Gasteiger partial charge in [0, 0.05) is 18.4 Å². The summed E-state index contributed by atoms with van der Waals surface area (Å²) >= 11 is 6.43. The minimum atomic E-state index is -3.48. The molecule has 0 aliphatic rings. The molecule has 2 aromatic carbocycles. The fourth-order valence-corrected chi connectivity index (χ4v) is 5.05. The van der Waals surface area contributed by atoms with Crippen LogP contribution in [0.2, 0.25) is 5.02 Å². The number of aromatic nitrogens is 2. The first-order valence-corrected chi connectivity index (χ1v) is 11.7. The molecule has 30 heavy (non-hydrogen) atoms. The zero-order valence-electron chi connectivity index (χ0n) is 17.3. The van der Waals surface area contributed by atoms with Gasteiger partial charge in [0.05, 0.1) is 16.1 Å². The highest BCUT2D eigenvalue weighted by Gasteiger charge is 2.26. The third-order valence-electron chi connectivity index (χ3n) is 4.79. The third kappa shape index (κ3) is 4.27. The highest BCUT2D eigenvalue weighted by molar-refractivity contribution is 7.90. The zero-order valence-corrected chi connectivity index (χ0v) is 18.8. The Morgan fingerprint density at radius 3 is 2.43 bits per heavy atom. The van der Waals surface area contributed by atoms with Crippen LogP contribution in [0.5, 0.6) is 5.88 Å². The van der Waals surface area contributed by atoms with E-state index in [9.17, 15) is 13.2 Å². The molecule has 0 saturated carbocycles. The van der Waals surface area contributed by atoms with Crippen LogP contribution in [0.1, 0.15) is 39.5 Å². The number of nitrogens with zero attached hydrogens (tertiary/aromatic N) is 2. The second-order valence-electron chi connectivity index (χ2n) is 7.06. The number of hydrogen-bond donors (Lipinski definition) is 0. The summed E-state index contributed by atoms with van der Waals surface area (Å²) in [6.45, 7) is 5.96. The summed E-state index contributed by atoms with van der Waals surface area (Å²) in [5.74, 6) is -0.0149. The molecule has 3 rings (SSSR count). The first kappa shape index (κ1) is 22.1. The van der Waals surface area contributed by atoms with Gasteiger partial charge in [0.2, 0.25) is 11.7 Å². The normalized spacial score (nSPS) is 11.5. The van der Waals surface area contributed by atoms with Crippen molar-refractivity contribution in [2.24, 2.45) is 0 Å². The van der Waals surface area contributed by atoms with Gasteiger partial charge < -0.3 is 4.74 Å². The van der Waals surface area contributed by atoms with Crippen molar-refractivity contribution in [3.8, 4) is 5.88 Å². The lowest BCUT2D eigenvalue weighted by atomic mass is 10.0. The molecule has 1 heterocycles. The lowest BCUT2D eigenvalue weighted by Crippen LogP contribution is -2.11. The molecule has 6 nitrogen and oxygen atoms in total. The fraction of sp³-hybridized carbons (Fsp3) is 0.273. The Morgan fingerprint density at radius 2 is 1.83 bits per heavy atom. The topological polar surface area (TPSA) is 78.3 Å². The molecular weight excluding hydrogens is 424 g/mol. The number of sulfone groups is 1. The van der Waals surface area contributed by atoms with Gasteiger partial charge in [-0.05, 0) is 43.5 Å². The molecular formula is C22H23ClN2O4S. The number of halogens is 1. The van der Waals surface area contributed by atoms with Gasteiger partial charge >= 0.3 is 0 Å². The second kappa shape index (κ2) is 8.62. The molecule has 0 fully saturated rings. The molecule has 3 aromatic rings. The van der Waals surface area contributed by atoms with Crippen molar-refractivity contribution < 1.29 is 17.9 Å². The van der Waals surface area contributed by atoms with Crippen LogP contribution < -0.4 is 4.74 Å². The molecule has 0 N–H and O–H groups in total. The van der Waals surface area contributed by atoms with Crippen molar-refractivity contribution in [1.29, 1.82) is 0 Å². The Bertz CT molecular complexity index is 1200. The summed E-state index contributed by atoms with van der Waals surface area (Å²) in [6, 6.07) is 11.1. The molecule has 0 aliphatic carbocycles. The first-order chi connectivity index (χ1) is 14.1. The molecule has 0 aliphatic heterocycles. The fourth-order valence-electron chi connectivity index (χ4n) is 3.46. The molecule has 0 amide bonds. The van der Waals surface area contributed by atoms with Crippen LogP contribution in [-0.2, 0) is 23.0 Å². The van der Waals surface area contributed by atoms with Crippen LogP contribution in [0.3, 0.4) is 0 Å². The molecule has 0 unspecified atom stereocenters. The van der Waals surface area contributed by atoms with Crippen molar-refractivity contribution in [1.82, 2.24) is 9.78 Å². The highest BCUT2D eigenvalue weighted by atomic mass is 35.5. The Kier molecular flexibility index (Phi) is 6.33. The molecule has 1 aromatic heterocycles. The number of carbonyl (C=O) groups is 1. The van der Waals surface area contributed by atoms with Gasteiger partial charge in [-0.15, -0.1) is 0 Å². The smallest absolute Gasteiger partial charge is 0.223 e. The van der Waals surface area contributed by atoms with E-state index in [-0.39, 0.29) is 33.4 Å².